The molecule has 1 aliphatic rings. The van der Waals surface area contributed by atoms with E-state index in [2.05, 4.69) is 4.98 Å². The number of hydrogen-bond donors (Lipinski definition) is 0. The second-order valence-electron chi connectivity index (χ2n) is 6.93. The number of pyridine rings is 1. The lowest BCUT2D eigenvalue weighted by Gasteiger charge is -2.30. The minimum absolute atomic E-state index is 0.131. The molecule has 162 valence electrons. The van der Waals surface area contributed by atoms with Crippen LogP contribution in [0.15, 0.2) is 41.6 Å². The molecule has 1 saturated heterocycles. The number of sulfonamides is 1. The molecule has 1 fully saturated rings. The fourth-order valence-electron chi connectivity index (χ4n) is 3.10. The molecule has 8 nitrogen and oxygen atoms in total. The highest BCUT2D eigenvalue weighted by atomic mass is 35.5. The first kappa shape index (κ1) is 22.7. The Kier molecular flexibility index (Phi) is 7.45. The van der Waals surface area contributed by atoms with E-state index in [9.17, 15) is 18.0 Å². The summed E-state index contributed by atoms with van der Waals surface area (Å²) < 4.78 is 32.4. The van der Waals surface area contributed by atoms with Crippen LogP contribution in [0.1, 0.15) is 17.7 Å². The first-order valence-corrected chi connectivity index (χ1v) is 12.0. The Labute approximate surface area is 184 Å². The number of ether oxygens (including phenoxy) is 1. The third-order valence-corrected chi connectivity index (χ3v) is 7.94. The SMILES string of the molecule is CN(Cc1ccc(Cl)s1)C(=O)COC(=O)C1CCN(S(=O)(=O)c2cccnc2)CC1. The molecule has 0 aliphatic carbocycles. The highest BCUT2D eigenvalue weighted by molar-refractivity contribution is 7.89. The first-order valence-electron chi connectivity index (χ1n) is 9.32. The highest BCUT2D eigenvalue weighted by Crippen LogP contribution is 2.25. The average Bonchev–Trinajstić information content (AvgIpc) is 3.16. The van der Waals surface area contributed by atoms with E-state index in [1.165, 1.54) is 39.0 Å². The van der Waals surface area contributed by atoms with E-state index in [0.717, 1.165) is 4.88 Å². The van der Waals surface area contributed by atoms with E-state index in [1.807, 2.05) is 6.07 Å². The van der Waals surface area contributed by atoms with Gasteiger partial charge in [0.15, 0.2) is 6.61 Å². The standard InChI is InChI=1S/C19H22ClN3O5S2/c1-22(12-15-4-5-17(20)29-15)18(24)13-28-19(25)14-6-9-23(10-7-14)30(26,27)16-3-2-8-21-11-16/h2-5,8,11,14H,6-7,9-10,12-13H2,1H3. The number of amides is 1. The lowest BCUT2D eigenvalue weighted by Crippen LogP contribution is -2.41. The number of aromatic nitrogens is 1. The van der Waals surface area contributed by atoms with Crippen molar-refractivity contribution in [1.29, 1.82) is 0 Å². The maximum Gasteiger partial charge on any atom is 0.309 e. The molecule has 2 aromatic heterocycles. The molecular formula is C19H22ClN3O5S2. The van der Waals surface area contributed by atoms with Crippen LogP contribution in [0.4, 0.5) is 0 Å². The number of esters is 1. The Morgan fingerprint density at radius 1 is 1.30 bits per heavy atom. The first-order chi connectivity index (χ1) is 14.3. The summed E-state index contributed by atoms with van der Waals surface area (Å²) in [7, 11) is -2.00. The Hall–Kier alpha value is -2.01. The molecule has 0 saturated carbocycles. The lowest BCUT2D eigenvalue weighted by molar-refractivity contribution is -0.156. The van der Waals surface area contributed by atoms with Crippen LogP contribution in [0.25, 0.3) is 0 Å². The number of hydrogen-bond acceptors (Lipinski definition) is 7. The van der Waals surface area contributed by atoms with Crippen molar-refractivity contribution >= 4 is 44.8 Å². The van der Waals surface area contributed by atoms with E-state index < -0.39 is 21.9 Å². The Balaban J connectivity index is 1.45. The van der Waals surface area contributed by atoms with Crippen molar-refractivity contribution in [3.8, 4) is 0 Å². The van der Waals surface area contributed by atoms with Crippen molar-refractivity contribution in [3.05, 3.63) is 45.9 Å². The van der Waals surface area contributed by atoms with Crippen molar-refractivity contribution < 1.29 is 22.7 Å². The van der Waals surface area contributed by atoms with Crippen LogP contribution >= 0.6 is 22.9 Å². The molecule has 11 heteroatoms. The Morgan fingerprint density at radius 3 is 2.63 bits per heavy atom. The molecule has 30 heavy (non-hydrogen) atoms. The van der Waals surface area contributed by atoms with Crippen LogP contribution in [0, 0.1) is 5.92 Å². The molecule has 0 aromatic carbocycles. The van der Waals surface area contributed by atoms with Gasteiger partial charge in [0.25, 0.3) is 5.91 Å². The van der Waals surface area contributed by atoms with Gasteiger partial charge in [-0.1, -0.05) is 11.6 Å². The van der Waals surface area contributed by atoms with Crippen molar-refractivity contribution in [2.45, 2.75) is 24.3 Å². The maximum absolute atomic E-state index is 12.6. The van der Waals surface area contributed by atoms with Gasteiger partial charge in [-0.15, -0.1) is 11.3 Å². The third kappa shape index (κ3) is 5.57. The van der Waals surface area contributed by atoms with Gasteiger partial charge in [-0.25, -0.2) is 8.42 Å². The summed E-state index contributed by atoms with van der Waals surface area (Å²) >= 11 is 7.27. The molecule has 0 unspecified atom stereocenters. The number of likely N-dealkylation sites (N-methyl/N-ethyl adjacent to an activating group) is 1. The molecule has 1 amide bonds. The maximum atomic E-state index is 12.6. The van der Waals surface area contributed by atoms with Gasteiger partial charge in [0.05, 0.1) is 16.8 Å². The van der Waals surface area contributed by atoms with E-state index in [1.54, 1.807) is 19.2 Å². The van der Waals surface area contributed by atoms with Crippen LogP contribution < -0.4 is 0 Å². The van der Waals surface area contributed by atoms with Crippen LogP contribution in [0.5, 0.6) is 0 Å². The van der Waals surface area contributed by atoms with Crippen LogP contribution in [0.3, 0.4) is 0 Å². The number of nitrogens with zero attached hydrogens (tertiary/aromatic N) is 3. The Bertz CT molecular complexity index is 989. The number of thiophene rings is 1. The number of rotatable bonds is 7. The van der Waals surface area contributed by atoms with E-state index in [4.69, 9.17) is 16.3 Å². The predicted octanol–water partition coefficient (Wildman–Crippen LogP) is 2.40. The van der Waals surface area contributed by atoms with Gasteiger partial charge in [0.2, 0.25) is 10.0 Å². The quantitative estimate of drug-likeness (QED) is 0.575. The molecule has 0 N–H and O–H groups in total. The fraction of sp³-hybridized carbons (Fsp3) is 0.421. The van der Waals surface area contributed by atoms with Crippen LogP contribution in [-0.4, -0.2) is 61.2 Å². The van der Waals surface area contributed by atoms with Crippen molar-refractivity contribution in [2.24, 2.45) is 5.92 Å². The number of carbonyl (C=O) groups is 2. The molecule has 1 aliphatic heterocycles. The zero-order valence-corrected chi connectivity index (χ0v) is 18.8. The average molecular weight is 472 g/mol. The zero-order valence-electron chi connectivity index (χ0n) is 16.4. The van der Waals surface area contributed by atoms with Crippen molar-refractivity contribution in [3.63, 3.8) is 0 Å². The van der Waals surface area contributed by atoms with Crippen molar-refractivity contribution in [1.82, 2.24) is 14.2 Å². The van der Waals surface area contributed by atoms with Gasteiger partial charge in [0.1, 0.15) is 4.90 Å². The monoisotopic (exact) mass is 471 g/mol. The normalized spacial score (nSPS) is 15.7. The minimum atomic E-state index is -3.63. The molecule has 0 atom stereocenters. The fourth-order valence-corrected chi connectivity index (χ4v) is 5.68. The van der Waals surface area contributed by atoms with Gasteiger partial charge in [-0.2, -0.15) is 4.31 Å². The summed E-state index contributed by atoms with van der Waals surface area (Å²) in [6, 6.07) is 6.67. The highest BCUT2D eigenvalue weighted by Gasteiger charge is 2.33. The zero-order chi connectivity index (χ0) is 21.7. The van der Waals surface area contributed by atoms with E-state index in [-0.39, 0.29) is 30.5 Å². The smallest absolute Gasteiger partial charge is 0.309 e. The topological polar surface area (TPSA) is 96.9 Å². The molecular weight excluding hydrogens is 450 g/mol. The minimum Gasteiger partial charge on any atom is -0.455 e. The van der Waals surface area contributed by atoms with Crippen LogP contribution in [-0.2, 0) is 30.9 Å². The summed E-state index contributed by atoms with van der Waals surface area (Å²) in [5, 5.41) is 0. The van der Waals surface area contributed by atoms with Gasteiger partial charge >= 0.3 is 5.97 Å². The molecule has 0 bridgehead atoms. The van der Waals surface area contributed by atoms with Crippen molar-refractivity contribution in [2.75, 3.05) is 26.7 Å². The molecule has 2 aromatic rings. The molecule has 3 rings (SSSR count). The third-order valence-electron chi connectivity index (χ3n) is 4.84. The summed E-state index contributed by atoms with van der Waals surface area (Å²) in [6.45, 7) is 0.467. The van der Waals surface area contributed by atoms with E-state index >= 15 is 0 Å². The molecule has 0 spiro atoms. The number of piperidine rings is 1. The largest absolute Gasteiger partial charge is 0.455 e. The summed E-state index contributed by atoms with van der Waals surface area (Å²) in [4.78, 5) is 30.9. The van der Waals surface area contributed by atoms with Crippen LogP contribution in [0.2, 0.25) is 4.34 Å². The summed E-state index contributed by atoms with van der Waals surface area (Å²) in [5.74, 6) is -1.22. The number of halogens is 1. The molecule has 3 heterocycles. The van der Waals surface area contributed by atoms with Gasteiger partial charge in [0, 0.05) is 37.4 Å². The van der Waals surface area contributed by atoms with Gasteiger partial charge in [-0.3, -0.25) is 14.6 Å². The molecule has 0 radical (unpaired) electrons. The Morgan fingerprint density at radius 2 is 2.03 bits per heavy atom. The van der Waals surface area contributed by atoms with Gasteiger partial charge < -0.3 is 9.64 Å². The second kappa shape index (κ2) is 9.86. The van der Waals surface area contributed by atoms with E-state index in [0.29, 0.717) is 23.7 Å². The van der Waals surface area contributed by atoms with Gasteiger partial charge in [-0.05, 0) is 37.1 Å². The predicted molar refractivity (Wildman–Crippen MR) is 112 cm³/mol. The summed E-state index contributed by atoms with van der Waals surface area (Å²) in [6.07, 6.45) is 3.50. The number of carbonyl (C=O) groups excluding carboxylic acids is 2. The summed E-state index contributed by atoms with van der Waals surface area (Å²) in [5.41, 5.74) is 0. The second-order valence-corrected chi connectivity index (χ2v) is 10.7. The lowest BCUT2D eigenvalue weighted by atomic mass is 9.98.